The van der Waals surface area contributed by atoms with E-state index in [0.717, 1.165) is 0 Å². The van der Waals surface area contributed by atoms with Crippen molar-refractivity contribution in [3.63, 3.8) is 0 Å². The molecular formula is C24H23ClN4O4. The summed E-state index contributed by atoms with van der Waals surface area (Å²) < 4.78 is 5.68. The van der Waals surface area contributed by atoms with E-state index in [1.165, 1.54) is 30.1 Å². The largest absolute Gasteiger partial charge is 0.508 e. The van der Waals surface area contributed by atoms with Gasteiger partial charge in [-0.1, -0.05) is 41.9 Å². The van der Waals surface area contributed by atoms with E-state index in [2.05, 4.69) is 5.32 Å². The van der Waals surface area contributed by atoms with Crippen molar-refractivity contribution in [1.82, 2.24) is 5.32 Å². The number of nitrogens with one attached hydrogen (secondary N) is 2. The number of benzene rings is 3. The van der Waals surface area contributed by atoms with Gasteiger partial charge in [-0.25, -0.2) is 0 Å². The highest BCUT2D eigenvalue weighted by molar-refractivity contribution is 6.31. The van der Waals surface area contributed by atoms with E-state index < -0.39 is 5.91 Å². The Morgan fingerprint density at radius 2 is 1.82 bits per heavy atom. The molecule has 0 bridgehead atoms. The van der Waals surface area contributed by atoms with Crippen molar-refractivity contribution in [2.45, 2.75) is 6.54 Å². The van der Waals surface area contributed by atoms with Crippen LogP contribution >= 0.6 is 11.6 Å². The molecule has 2 amide bonds. The zero-order chi connectivity index (χ0) is 24.0. The first kappa shape index (κ1) is 23.6. The van der Waals surface area contributed by atoms with Gasteiger partial charge in [0.05, 0.1) is 6.54 Å². The Morgan fingerprint density at radius 3 is 2.45 bits per heavy atom. The van der Waals surface area contributed by atoms with Gasteiger partial charge in [0.25, 0.3) is 11.8 Å². The lowest BCUT2D eigenvalue weighted by molar-refractivity contribution is -0.122. The van der Waals surface area contributed by atoms with Crippen molar-refractivity contribution in [3.05, 3.63) is 88.4 Å². The second kappa shape index (κ2) is 10.5. The van der Waals surface area contributed by atoms with Gasteiger partial charge in [0.2, 0.25) is 0 Å². The zero-order valence-electron chi connectivity index (χ0n) is 17.8. The smallest absolute Gasteiger partial charge is 0.258 e. The third-order valence-corrected chi connectivity index (χ3v) is 5.00. The fourth-order valence-electron chi connectivity index (χ4n) is 3.11. The molecule has 5 N–H and O–H groups in total. The van der Waals surface area contributed by atoms with Crippen LogP contribution in [0, 0.1) is 5.41 Å². The van der Waals surface area contributed by atoms with Gasteiger partial charge in [0.1, 0.15) is 17.3 Å². The fourth-order valence-corrected chi connectivity index (χ4v) is 3.34. The number of nitrogen functional groups attached to an aromatic ring is 1. The van der Waals surface area contributed by atoms with Crippen LogP contribution in [0.3, 0.4) is 0 Å². The van der Waals surface area contributed by atoms with E-state index >= 15 is 0 Å². The Kier molecular flexibility index (Phi) is 7.53. The minimum absolute atomic E-state index is 0.0807. The fraction of sp³-hybridized carbons (Fsp3) is 0.125. The molecule has 0 spiro atoms. The third kappa shape index (κ3) is 6.02. The summed E-state index contributed by atoms with van der Waals surface area (Å²) in [7, 11) is 1.49. The van der Waals surface area contributed by atoms with E-state index in [1.807, 2.05) is 6.07 Å². The number of hydrogen-bond donors (Lipinski definition) is 4. The number of carbonyl (C=O) groups excluding carboxylic acids is 2. The van der Waals surface area contributed by atoms with E-state index in [9.17, 15) is 14.7 Å². The molecule has 8 nitrogen and oxygen atoms in total. The van der Waals surface area contributed by atoms with Crippen molar-refractivity contribution < 1.29 is 19.4 Å². The van der Waals surface area contributed by atoms with Gasteiger partial charge in [-0.15, -0.1) is 0 Å². The zero-order valence-corrected chi connectivity index (χ0v) is 18.6. The number of likely N-dealkylation sites (N-methyl/N-ethyl adjacent to an activating group) is 1. The number of rotatable bonds is 8. The van der Waals surface area contributed by atoms with E-state index in [4.69, 9.17) is 27.5 Å². The second-order valence-corrected chi connectivity index (χ2v) is 7.56. The predicted octanol–water partition coefficient (Wildman–Crippen LogP) is 3.30. The molecule has 0 aliphatic heterocycles. The van der Waals surface area contributed by atoms with Crippen LogP contribution in [0.25, 0.3) is 0 Å². The molecule has 0 unspecified atom stereocenters. The highest BCUT2D eigenvalue weighted by atomic mass is 35.5. The quantitative estimate of drug-likeness (QED) is 0.299. The van der Waals surface area contributed by atoms with Gasteiger partial charge < -0.3 is 25.8 Å². The Bertz CT molecular complexity index is 1160. The van der Waals surface area contributed by atoms with Crippen LogP contribution in [0.1, 0.15) is 21.5 Å². The number of aromatic hydroxyl groups is 1. The molecule has 0 saturated carbocycles. The molecule has 0 atom stereocenters. The van der Waals surface area contributed by atoms with Gasteiger partial charge in [0.15, 0.2) is 6.61 Å². The predicted molar refractivity (Wildman–Crippen MR) is 127 cm³/mol. The molecule has 33 heavy (non-hydrogen) atoms. The van der Waals surface area contributed by atoms with Crippen molar-refractivity contribution in [3.8, 4) is 11.5 Å². The van der Waals surface area contributed by atoms with Crippen molar-refractivity contribution in [2.75, 3.05) is 18.6 Å². The number of phenolic OH excluding ortho intramolecular Hbond substituents is 1. The van der Waals surface area contributed by atoms with E-state index in [-0.39, 0.29) is 41.2 Å². The summed E-state index contributed by atoms with van der Waals surface area (Å²) in [5.74, 6) is -0.698. The molecule has 0 fully saturated rings. The highest BCUT2D eigenvalue weighted by Crippen LogP contribution is 2.28. The first-order valence-corrected chi connectivity index (χ1v) is 10.3. The maximum atomic E-state index is 13.5. The number of carbonyl (C=O) groups is 2. The summed E-state index contributed by atoms with van der Waals surface area (Å²) >= 11 is 6.04. The number of nitrogens with two attached hydrogens (primary N) is 1. The van der Waals surface area contributed by atoms with Gasteiger partial charge >= 0.3 is 0 Å². The van der Waals surface area contributed by atoms with Gasteiger partial charge in [-0.3, -0.25) is 15.0 Å². The summed E-state index contributed by atoms with van der Waals surface area (Å²) in [6.07, 6.45) is 0. The number of halogens is 1. The van der Waals surface area contributed by atoms with Crippen molar-refractivity contribution in [2.24, 2.45) is 5.73 Å². The standard InChI is InChI=1S/C24H23ClN4O4/c1-28-22(31)14-33-21-11-15(23(26)27)7-8-16(21)13-29(19-5-3-2-4-6-19)24(32)17-9-18(25)12-20(30)10-17/h2-12,30H,13-14H2,1H3,(H3,26,27)(H,28,31). The van der Waals surface area contributed by atoms with Crippen LogP contribution in [0.2, 0.25) is 5.02 Å². The average molecular weight is 467 g/mol. The number of nitrogens with zero attached hydrogens (tertiary/aromatic N) is 1. The summed E-state index contributed by atoms with van der Waals surface area (Å²) in [5.41, 5.74) is 7.43. The average Bonchev–Trinajstić information content (AvgIpc) is 2.80. The Hall–Kier alpha value is -4.04. The number of para-hydroxylation sites is 1. The maximum Gasteiger partial charge on any atom is 0.258 e. The van der Waals surface area contributed by atoms with Crippen molar-refractivity contribution in [1.29, 1.82) is 5.41 Å². The number of phenols is 1. The molecule has 3 aromatic carbocycles. The SMILES string of the molecule is CNC(=O)COc1cc(C(=N)N)ccc1CN(C(=O)c1cc(O)cc(Cl)c1)c1ccccc1. The van der Waals surface area contributed by atoms with Crippen LogP contribution < -0.4 is 20.7 Å². The van der Waals surface area contributed by atoms with Crippen LogP contribution in [0.15, 0.2) is 66.7 Å². The summed E-state index contributed by atoms with van der Waals surface area (Å²) in [4.78, 5) is 26.7. The Labute approximate surface area is 196 Å². The topological polar surface area (TPSA) is 129 Å². The third-order valence-electron chi connectivity index (χ3n) is 4.79. The van der Waals surface area contributed by atoms with Crippen molar-refractivity contribution >= 4 is 34.9 Å². The lowest BCUT2D eigenvalue weighted by Crippen LogP contribution is -2.31. The molecule has 3 aromatic rings. The van der Waals surface area contributed by atoms with Crippen LogP contribution in [0.5, 0.6) is 11.5 Å². The molecule has 170 valence electrons. The molecule has 9 heteroatoms. The Morgan fingerprint density at radius 1 is 1.09 bits per heavy atom. The second-order valence-electron chi connectivity index (χ2n) is 7.12. The number of hydrogen-bond acceptors (Lipinski definition) is 5. The molecule has 0 radical (unpaired) electrons. The lowest BCUT2D eigenvalue weighted by atomic mass is 10.1. The monoisotopic (exact) mass is 466 g/mol. The highest BCUT2D eigenvalue weighted by Gasteiger charge is 2.21. The maximum absolute atomic E-state index is 13.5. The Balaban J connectivity index is 2.03. The van der Waals surface area contributed by atoms with Crippen LogP contribution in [-0.2, 0) is 11.3 Å². The molecule has 0 aliphatic carbocycles. The van der Waals surface area contributed by atoms with Crippen LogP contribution in [-0.4, -0.2) is 36.4 Å². The summed E-state index contributed by atoms with van der Waals surface area (Å²) in [6.45, 7) is -0.163. The minimum Gasteiger partial charge on any atom is -0.508 e. The number of amidine groups is 1. The summed E-state index contributed by atoms with van der Waals surface area (Å²) in [6, 6.07) is 18.0. The van der Waals surface area contributed by atoms with Gasteiger partial charge in [0, 0.05) is 34.4 Å². The molecule has 0 aliphatic rings. The number of ether oxygens (including phenoxy) is 1. The number of amides is 2. The van der Waals surface area contributed by atoms with Crippen LogP contribution in [0.4, 0.5) is 5.69 Å². The summed E-state index contributed by atoms with van der Waals surface area (Å²) in [5, 5.41) is 20.3. The normalized spacial score (nSPS) is 10.4. The first-order valence-electron chi connectivity index (χ1n) is 9.95. The van der Waals surface area contributed by atoms with Gasteiger partial charge in [-0.05, 0) is 36.4 Å². The molecule has 0 aromatic heterocycles. The minimum atomic E-state index is -0.396. The molecular weight excluding hydrogens is 444 g/mol. The molecule has 0 heterocycles. The lowest BCUT2D eigenvalue weighted by Gasteiger charge is -2.25. The first-order chi connectivity index (χ1) is 15.8. The van der Waals surface area contributed by atoms with E-state index in [0.29, 0.717) is 22.6 Å². The van der Waals surface area contributed by atoms with E-state index in [1.54, 1.807) is 42.5 Å². The molecule has 3 rings (SSSR count). The van der Waals surface area contributed by atoms with Gasteiger partial charge in [-0.2, -0.15) is 0 Å². The molecule has 0 saturated heterocycles. The number of anilines is 1.